The van der Waals surface area contributed by atoms with E-state index in [1.165, 1.54) is 4.57 Å². The predicted octanol–water partition coefficient (Wildman–Crippen LogP) is 1.31. The van der Waals surface area contributed by atoms with Gasteiger partial charge in [0.1, 0.15) is 12.3 Å². The molecule has 1 aliphatic heterocycles. The fraction of sp³-hybridized carbons (Fsp3) is 0.591. The van der Waals surface area contributed by atoms with Crippen LogP contribution < -0.4 is 16.3 Å². The van der Waals surface area contributed by atoms with E-state index in [1.54, 1.807) is 18.7 Å². The van der Waals surface area contributed by atoms with Gasteiger partial charge in [-0.05, 0) is 56.8 Å². The van der Waals surface area contributed by atoms with Crippen molar-refractivity contribution >= 4 is 23.2 Å². The number of hydrogen-bond acceptors (Lipinski definition) is 5. The van der Waals surface area contributed by atoms with Gasteiger partial charge in [-0.15, -0.1) is 0 Å². The molecule has 3 rings (SSSR count). The predicted molar refractivity (Wildman–Crippen MR) is 116 cm³/mol. The summed E-state index contributed by atoms with van der Waals surface area (Å²) < 4.78 is 9.13. The minimum Gasteiger partial charge on any atom is -0.378 e. The Morgan fingerprint density at radius 1 is 1.37 bits per heavy atom. The van der Waals surface area contributed by atoms with Gasteiger partial charge in [0.2, 0.25) is 5.91 Å². The number of hydrogen-bond donors (Lipinski definition) is 2. The minimum atomic E-state index is -0.713. The van der Waals surface area contributed by atoms with Crippen LogP contribution >= 0.6 is 0 Å². The molecule has 0 spiro atoms. The molecule has 8 nitrogen and oxygen atoms in total. The van der Waals surface area contributed by atoms with Gasteiger partial charge < -0.3 is 20.2 Å². The van der Waals surface area contributed by atoms with E-state index in [0.717, 1.165) is 61.7 Å². The largest absolute Gasteiger partial charge is 0.378 e. The van der Waals surface area contributed by atoms with E-state index in [0.29, 0.717) is 12.7 Å². The smallest absolute Gasteiger partial charge is 0.329 e. The number of carbonyl (C=O) groups excluding carboxylic acids is 2. The van der Waals surface area contributed by atoms with Gasteiger partial charge in [-0.3, -0.25) is 13.9 Å². The molecule has 1 aliphatic rings. The number of carbonyl (C=O) groups is 2. The number of nitrogens with zero attached hydrogens (tertiary/aromatic N) is 2. The van der Waals surface area contributed by atoms with Gasteiger partial charge in [-0.2, -0.15) is 0 Å². The van der Waals surface area contributed by atoms with E-state index in [1.807, 2.05) is 18.2 Å². The Kier molecular flexibility index (Phi) is 7.81. The van der Waals surface area contributed by atoms with Crippen LogP contribution in [0.1, 0.15) is 43.7 Å². The lowest BCUT2D eigenvalue weighted by Gasteiger charge is -2.22. The highest BCUT2D eigenvalue weighted by atomic mass is 16.5. The highest BCUT2D eigenvalue weighted by molar-refractivity contribution is 5.85. The number of imidazole rings is 1. The third kappa shape index (κ3) is 4.82. The SMILES string of the molecule is CNC(=O)C(CCC=O)n1c(=O)n(C)c2c(CCCOC3CCNCC3)cccc21. The van der Waals surface area contributed by atoms with E-state index in [2.05, 4.69) is 10.6 Å². The molecule has 0 saturated carbocycles. The van der Waals surface area contributed by atoms with Crippen LogP contribution in [0.4, 0.5) is 0 Å². The molecule has 1 atom stereocenters. The number of nitrogens with one attached hydrogen (secondary N) is 2. The first-order valence-electron chi connectivity index (χ1n) is 10.7. The van der Waals surface area contributed by atoms with E-state index in [-0.39, 0.29) is 24.4 Å². The second-order valence-corrected chi connectivity index (χ2v) is 7.79. The average Bonchev–Trinajstić information content (AvgIpc) is 3.03. The first-order chi connectivity index (χ1) is 14.6. The molecule has 1 saturated heterocycles. The van der Waals surface area contributed by atoms with E-state index in [4.69, 9.17) is 4.74 Å². The lowest BCUT2D eigenvalue weighted by atomic mass is 10.1. The third-order valence-electron chi connectivity index (χ3n) is 5.84. The van der Waals surface area contributed by atoms with Crippen molar-refractivity contribution in [3.8, 4) is 0 Å². The van der Waals surface area contributed by atoms with Gasteiger partial charge in [0.15, 0.2) is 0 Å². The number of aromatic nitrogens is 2. The zero-order chi connectivity index (χ0) is 21.5. The van der Waals surface area contributed by atoms with Gasteiger partial charge in [0.25, 0.3) is 0 Å². The number of aldehydes is 1. The highest BCUT2D eigenvalue weighted by Crippen LogP contribution is 2.24. The lowest BCUT2D eigenvalue weighted by molar-refractivity contribution is -0.124. The van der Waals surface area contributed by atoms with E-state index in [9.17, 15) is 14.4 Å². The van der Waals surface area contributed by atoms with Crippen LogP contribution in [0, 0.1) is 0 Å². The molecular formula is C22H32N4O4. The summed E-state index contributed by atoms with van der Waals surface area (Å²) in [5.74, 6) is -0.271. The van der Waals surface area contributed by atoms with Gasteiger partial charge in [-0.25, -0.2) is 4.79 Å². The number of fused-ring (bicyclic) bond motifs is 1. The van der Waals surface area contributed by atoms with Crippen molar-refractivity contribution in [2.24, 2.45) is 7.05 Å². The Labute approximate surface area is 176 Å². The molecule has 164 valence electrons. The molecule has 1 aromatic heterocycles. The summed E-state index contributed by atoms with van der Waals surface area (Å²) in [5.41, 5.74) is 2.37. The normalized spacial score (nSPS) is 15.9. The van der Waals surface area contributed by atoms with Crippen LogP contribution in [0.25, 0.3) is 11.0 Å². The standard InChI is InChI=1S/C22H32N4O4/c1-23-21(28)19(9-4-14-27)26-18-8-3-6-16(20(18)25(2)22(26)29)7-5-15-30-17-10-12-24-13-11-17/h3,6,8,14,17,19,24H,4-5,7,9-13,15H2,1-2H3,(H,23,28). The van der Waals surface area contributed by atoms with Crippen LogP contribution in [0.2, 0.25) is 0 Å². The quantitative estimate of drug-likeness (QED) is 0.450. The van der Waals surface area contributed by atoms with Crippen LogP contribution in [0.15, 0.2) is 23.0 Å². The van der Waals surface area contributed by atoms with Crippen molar-refractivity contribution in [3.63, 3.8) is 0 Å². The minimum absolute atomic E-state index is 0.217. The summed E-state index contributed by atoms with van der Waals surface area (Å²) in [6.45, 7) is 2.71. The van der Waals surface area contributed by atoms with Crippen molar-refractivity contribution in [3.05, 3.63) is 34.2 Å². The van der Waals surface area contributed by atoms with E-state index >= 15 is 0 Å². The molecular weight excluding hydrogens is 384 g/mol. The Morgan fingerprint density at radius 3 is 2.83 bits per heavy atom. The van der Waals surface area contributed by atoms with Crippen molar-refractivity contribution in [1.29, 1.82) is 0 Å². The molecule has 30 heavy (non-hydrogen) atoms. The van der Waals surface area contributed by atoms with Crippen molar-refractivity contribution < 1.29 is 14.3 Å². The molecule has 0 bridgehead atoms. The van der Waals surface area contributed by atoms with E-state index < -0.39 is 6.04 Å². The fourth-order valence-electron chi connectivity index (χ4n) is 4.27. The van der Waals surface area contributed by atoms with Crippen LogP contribution in [0.5, 0.6) is 0 Å². The van der Waals surface area contributed by atoms with Crippen molar-refractivity contribution in [2.45, 2.75) is 50.7 Å². The summed E-state index contributed by atoms with van der Waals surface area (Å²) in [4.78, 5) is 36.4. The van der Waals surface area contributed by atoms with Crippen LogP contribution in [-0.4, -0.2) is 54.2 Å². The number of rotatable bonds is 10. The van der Waals surface area contributed by atoms with Gasteiger partial charge in [0.05, 0.1) is 17.1 Å². The highest BCUT2D eigenvalue weighted by Gasteiger charge is 2.25. The third-order valence-corrected chi connectivity index (χ3v) is 5.84. The zero-order valence-electron chi connectivity index (χ0n) is 17.9. The molecule has 1 amide bonds. The molecule has 1 aromatic carbocycles. The summed E-state index contributed by atoms with van der Waals surface area (Å²) in [7, 11) is 3.27. The molecule has 8 heteroatoms. The zero-order valence-corrected chi connectivity index (χ0v) is 17.9. The second-order valence-electron chi connectivity index (χ2n) is 7.79. The maximum absolute atomic E-state index is 13.0. The maximum atomic E-state index is 13.0. The summed E-state index contributed by atoms with van der Waals surface area (Å²) in [6.07, 6.45) is 5.37. The number of ether oxygens (including phenoxy) is 1. The second kappa shape index (κ2) is 10.5. The Morgan fingerprint density at radius 2 is 2.13 bits per heavy atom. The summed E-state index contributed by atoms with van der Waals surface area (Å²) in [6, 6.07) is 5.09. The molecule has 1 unspecified atom stereocenters. The summed E-state index contributed by atoms with van der Waals surface area (Å²) >= 11 is 0. The molecule has 2 aromatic rings. The summed E-state index contributed by atoms with van der Waals surface area (Å²) in [5, 5.41) is 5.95. The van der Waals surface area contributed by atoms with Crippen LogP contribution in [-0.2, 0) is 27.8 Å². The monoisotopic (exact) mass is 416 g/mol. The fourth-order valence-corrected chi connectivity index (χ4v) is 4.27. The van der Waals surface area contributed by atoms with Crippen molar-refractivity contribution in [1.82, 2.24) is 19.8 Å². The number of aryl methyl sites for hydroxylation is 2. The number of amides is 1. The molecule has 2 N–H and O–H groups in total. The Balaban J connectivity index is 1.82. The molecule has 2 heterocycles. The van der Waals surface area contributed by atoms with Gasteiger partial charge in [-0.1, -0.05) is 12.1 Å². The average molecular weight is 417 g/mol. The number of likely N-dealkylation sites (N-methyl/N-ethyl adjacent to an activating group) is 1. The van der Waals surface area contributed by atoms with Crippen LogP contribution in [0.3, 0.4) is 0 Å². The topological polar surface area (TPSA) is 94.4 Å². The Hall–Kier alpha value is -2.45. The first kappa shape index (κ1) is 22.2. The van der Waals surface area contributed by atoms with Gasteiger partial charge in [0, 0.05) is 27.1 Å². The maximum Gasteiger partial charge on any atom is 0.329 e. The van der Waals surface area contributed by atoms with Gasteiger partial charge >= 0.3 is 5.69 Å². The molecule has 0 radical (unpaired) electrons. The first-order valence-corrected chi connectivity index (χ1v) is 10.7. The number of piperidine rings is 1. The molecule has 0 aliphatic carbocycles. The number of benzene rings is 1. The lowest BCUT2D eigenvalue weighted by Crippen LogP contribution is -2.36. The molecule has 1 fully saturated rings. The van der Waals surface area contributed by atoms with Crippen molar-refractivity contribution in [2.75, 3.05) is 26.7 Å². The Bertz CT molecular complexity index is 927. The number of para-hydroxylation sites is 1.